The second-order valence-corrected chi connectivity index (χ2v) is 1.52. The fourth-order valence-electron chi connectivity index (χ4n) is 0.446. The van der Waals surface area contributed by atoms with Gasteiger partial charge in [0.1, 0.15) is 0 Å². The van der Waals surface area contributed by atoms with Gasteiger partial charge in [0.25, 0.3) is 0 Å². The lowest BCUT2D eigenvalue weighted by molar-refractivity contribution is -0.174. The highest BCUT2D eigenvalue weighted by atomic mass is 16.7. The van der Waals surface area contributed by atoms with Gasteiger partial charge in [-0.25, -0.2) is 9.59 Å². The lowest BCUT2D eigenvalue weighted by Crippen LogP contribution is -2.27. The van der Waals surface area contributed by atoms with Crippen LogP contribution in [0, 0.1) is 0 Å². The van der Waals surface area contributed by atoms with Crippen molar-refractivity contribution in [2.24, 2.45) is 0 Å². The molecule has 63 valence electrons. The van der Waals surface area contributed by atoms with Crippen molar-refractivity contribution in [3.63, 3.8) is 0 Å². The van der Waals surface area contributed by atoms with Gasteiger partial charge in [-0.15, -0.1) is 0 Å². The van der Waals surface area contributed by atoms with Crippen LogP contribution < -0.4 is 0 Å². The Balaban J connectivity index is 3.80. The van der Waals surface area contributed by atoms with Crippen LogP contribution in [0.2, 0.25) is 0 Å². The van der Waals surface area contributed by atoms with E-state index in [0.29, 0.717) is 0 Å². The molecule has 0 aliphatic rings. The maximum absolute atomic E-state index is 10.7. The highest BCUT2D eigenvalue weighted by molar-refractivity contribution is 5.74. The van der Waals surface area contributed by atoms with Gasteiger partial charge in [0, 0.05) is 7.11 Å². The summed E-state index contributed by atoms with van der Waals surface area (Å²) in [5.74, 6) is -0.738. The summed E-state index contributed by atoms with van der Waals surface area (Å²) in [6, 6.07) is 0. The predicted molar refractivity (Wildman–Crippen MR) is 34.2 cm³/mol. The summed E-state index contributed by atoms with van der Waals surface area (Å²) >= 11 is 0. The van der Waals surface area contributed by atoms with Crippen LogP contribution in [-0.4, -0.2) is 32.4 Å². The largest absolute Gasteiger partial charge is 0.461 e. The normalized spacial score (nSPS) is 11.8. The fraction of sp³-hybridized carbons (Fsp3) is 0.667. The van der Waals surface area contributed by atoms with Crippen molar-refractivity contribution in [1.29, 1.82) is 0 Å². The SMILES string of the molecule is CCOC(=O)C(OC)O[C]=O. The Hall–Kier alpha value is -1.10. The van der Waals surface area contributed by atoms with Crippen molar-refractivity contribution in [2.75, 3.05) is 13.7 Å². The van der Waals surface area contributed by atoms with E-state index in [4.69, 9.17) is 0 Å². The number of hydrogen-bond donors (Lipinski definition) is 0. The molecule has 0 N–H and O–H groups in total. The first kappa shape index (κ1) is 9.90. The number of rotatable bonds is 5. The Kier molecular flexibility index (Phi) is 5.10. The number of carbonyl (C=O) groups is 1. The predicted octanol–water partition coefficient (Wildman–Crippen LogP) is -0.394. The molecule has 0 aromatic heterocycles. The van der Waals surface area contributed by atoms with Crippen molar-refractivity contribution in [1.82, 2.24) is 0 Å². The Morgan fingerprint density at radius 1 is 1.64 bits per heavy atom. The number of ether oxygens (including phenoxy) is 3. The molecule has 0 aromatic carbocycles. The third kappa shape index (κ3) is 3.57. The van der Waals surface area contributed by atoms with Crippen molar-refractivity contribution < 1.29 is 23.8 Å². The molecule has 0 aliphatic heterocycles. The Labute approximate surface area is 64.2 Å². The van der Waals surface area contributed by atoms with Gasteiger partial charge in [0.15, 0.2) is 0 Å². The van der Waals surface area contributed by atoms with Gasteiger partial charge in [-0.05, 0) is 6.92 Å². The topological polar surface area (TPSA) is 61.8 Å². The van der Waals surface area contributed by atoms with E-state index in [0.717, 1.165) is 6.47 Å². The van der Waals surface area contributed by atoms with Crippen LogP contribution in [-0.2, 0) is 23.8 Å². The summed E-state index contributed by atoms with van der Waals surface area (Å²) in [7, 11) is 1.22. The smallest absolute Gasteiger partial charge is 0.420 e. The molecule has 5 heteroatoms. The average molecular weight is 161 g/mol. The molecule has 0 aromatic rings. The maximum Gasteiger partial charge on any atom is 0.420 e. The standard InChI is InChI=1S/C6H9O5/c1-3-10-5(8)6(9-2)11-4-7/h6H,3H2,1-2H3. The zero-order valence-corrected chi connectivity index (χ0v) is 6.33. The summed E-state index contributed by atoms with van der Waals surface area (Å²) in [6.45, 7) is 2.93. The van der Waals surface area contributed by atoms with Crippen LogP contribution in [0.3, 0.4) is 0 Å². The Morgan fingerprint density at radius 2 is 2.27 bits per heavy atom. The molecule has 5 nitrogen and oxygen atoms in total. The van der Waals surface area contributed by atoms with E-state index in [1.54, 1.807) is 6.92 Å². The van der Waals surface area contributed by atoms with E-state index >= 15 is 0 Å². The van der Waals surface area contributed by atoms with Gasteiger partial charge in [-0.3, -0.25) is 0 Å². The monoisotopic (exact) mass is 161 g/mol. The first-order chi connectivity index (χ1) is 5.26. The molecule has 0 rings (SSSR count). The highest BCUT2D eigenvalue weighted by Gasteiger charge is 2.19. The quantitative estimate of drug-likeness (QED) is 0.405. The zero-order valence-electron chi connectivity index (χ0n) is 6.33. The minimum absolute atomic E-state index is 0.209. The first-order valence-electron chi connectivity index (χ1n) is 2.98. The number of methoxy groups -OCH3 is 1. The summed E-state index contributed by atoms with van der Waals surface area (Å²) in [5, 5.41) is 0. The molecule has 0 saturated heterocycles. The Bertz CT molecular complexity index is 133. The summed E-state index contributed by atoms with van der Waals surface area (Å²) in [4.78, 5) is 20.4. The molecule has 0 aliphatic carbocycles. The summed E-state index contributed by atoms with van der Waals surface area (Å²) in [6.07, 6.45) is -1.30. The van der Waals surface area contributed by atoms with E-state index in [-0.39, 0.29) is 6.61 Å². The first-order valence-corrected chi connectivity index (χ1v) is 2.98. The number of carbonyl (C=O) groups excluding carboxylic acids is 2. The third-order valence-corrected chi connectivity index (χ3v) is 0.848. The van der Waals surface area contributed by atoms with Gasteiger partial charge in [0.05, 0.1) is 6.61 Å². The van der Waals surface area contributed by atoms with Crippen molar-refractivity contribution in [3.05, 3.63) is 0 Å². The summed E-state index contributed by atoms with van der Waals surface area (Å²) in [5.41, 5.74) is 0. The summed E-state index contributed by atoms with van der Waals surface area (Å²) < 4.78 is 13.0. The van der Waals surface area contributed by atoms with Crippen LogP contribution in [0.25, 0.3) is 0 Å². The third-order valence-electron chi connectivity index (χ3n) is 0.848. The molecule has 0 amide bonds. The zero-order chi connectivity index (χ0) is 8.69. The molecule has 0 heterocycles. The molecular formula is C6H9O5. The van der Waals surface area contributed by atoms with Crippen molar-refractivity contribution >= 4 is 12.4 Å². The van der Waals surface area contributed by atoms with E-state index < -0.39 is 12.3 Å². The fourth-order valence-corrected chi connectivity index (χ4v) is 0.446. The van der Waals surface area contributed by atoms with Gasteiger partial charge in [0.2, 0.25) is 0 Å². The lowest BCUT2D eigenvalue weighted by Gasteiger charge is -2.09. The van der Waals surface area contributed by atoms with E-state index in [9.17, 15) is 9.59 Å². The average Bonchev–Trinajstić information content (AvgIpc) is 2.00. The van der Waals surface area contributed by atoms with Crippen LogP contribution in [0.5, 0.6) is 0 Å². The van der Waals surface area contributed by atoms with Crippen LogP contribution in [0.15, 0.2) is 0 Å². The second-order valence-electron chi connectivity index (χ2n) is 1.52. The van der Waals surface area contributed by atoms with Crippen LogP contribution in [0.1, 0.15) is 6.92 Å². The van der Waals surface area contributed by atoms with Gasteiger partial charge < -0.3 is 14.2 Å². The second kappa shape index (κ2) is 5.67. The maximum atomic E-state index is 10.7. The van der Waals surface area contributed by atoms with Crippen LogP contribution in [0.4, 0.5) is 0 Å². The Morgan fingerprint density at radius 3 is 2.64 bits per heavy atom. The van der Waals surface area contributed by atoms with Gasteiger partial charge >= 0.3 is 18.7 Å². The van der Waals surface area contributed by atoms with Crippen LogP contribution >= 0.6 is 0 Å². The molecular weight excluding hydrogens is 152 g/mol. The molecule has 0 fully saturated rings. The van der Waals surface area contributed by atoms with E-state index in [1.165, 1.54) is 7.11 Å². The minimum atomic E-state index is -1.30. The van der Waals surface area contributed by atoms with E-state index in [1.807, 2.05) is 0 Å². The lowest BCUT2D eigenvalue weighted by atomic mass is 10.6. The molecule has 0 spiro atoms. The minimum Gasteiger partial charge on any atom is -0.461 e. The van der Waals surface area contributed by atoms with E-state index in [2.05, 4.69) is 14.2 Å². The number of hydrogen-bond acceptors (Lipinski definition) is 5. The van der Waals surface area contributed by atoms with Gasteiger partial charge in [-0.1, -0.05) is 0 Å². The van der Waals surface area contributed by atoms with Crippen molar-refractivity contribution in [2.45, 2.75) is 13.2 Å². The molecule has 0 bridgehead atoms. The molecule has 11 heavy (non-hydrogen) atoms. The molecule has 0 saturated carbocycles. The highest BCUT2D eigenvalue weighted by Crippen LogP contribution is 1.94. The molecule has 1 unspecified atom stereocenters. The molecule has 1 radical (unpaired) electrons. The number of esters is 1. The molecule has 1 atom stereocenters. The van der Waals surface area contributed by atoms with Gasteiger partial charge in [-0.2, -0.15) is 0 Å². The van der Waals surface area contributed by atoms with Crippen molar-refractivity contribution in [3.8, 4) is 0 Å².